The lowest BCUT2D eigenvalue weighted by Crippen LogP contribution is -2.32. The second-order valence-electron chi connectivity index (χ2n) is 7.50. The van der Waals surface area contributed by atoms with Crippen molar-refractivity contribution in [2.45, 2.75) is 31.9 Å². The summed E-state index contributed by atoms with van der Waals surface area (Å²) in [6, 6.07) is 12.2. The SMILES string of the molecule is COCc1cccc(C(=O)N2CCC[C@H](Nc3ccc(N(C)C)nc3)CC2)c1. The van der Waals surface area contributed by atoms with Crippen molar-refractivity contribution < 1.29 is 9.53 Å². The van der Waals surface area contributed by atoms with Crippen molar-refractivity contribution in [1.82, 2.24) is 9.88 Å². The monoisotopic (exact) mass is 382 g/mol. The van der Waals surface area contributed by atoms with E-state index >= 15 is 0 Å². The smallest absolute Gasteiger partial charge is 0.253 e. The molecule has 2 heterocycles. The molecule has 2 aromatic rings. The zero-order valence-corrected chi connectivity index (χ0v) is 17.0. The number of carbonyl (C=O) groups is 1. The van der Waals surface area contributed by atoms with Crippen molar-refractivity contribution in [2.75, 3.05) is 44.5 Å². The molecule has 1 aromatic carbocycles. The molecule has 1 aliphatic rings. The van der Waals surface area contributed by atoms with Crippen LogP contribution in [0, 0.1) is 0 Å². The Hall–Kier alpha value is -2.60. The van der Waals surface area contributed by atoms with E-state index in [4.69, 9.17) is 4.74 Å². The molecule has 1 aliphatic heterocycles. The van der Waals surface area contributed by atoms with E-state index in [2.05, 4.69) is 16.4 Å². The van der Waals surface area contributed by atoms with Crippen molar-refractivity contribution in [2.24, 2.45) is 0 Å². The van der Waals surface area contributed by atoms with Crippen LogP contribution in [0.4, 0.5) is 11.5 Å². The third-order valence-electron chi connectivity index (χ3n) is 5.08. The molecular formula is C22H30N4O2. The van der Waals surface area contributed by atoms with E-state index in [1.807, 2.05) is 60.4 Å². The Kier molecular flexibility index (Phi) is 6.87. The molecule has 1 amide bonds. The average molecular weight is 383 g/mol. The van der Waals surface area contributed by atoms with Crippen molar-refractivity contribution in [3.05, 3.63) is 53.7 Å². The van der Waals surface area contributed by atoms with Crippen LogP contribution >= 0.6 is 0 Å². The Bertz CT molecular complexity index is 776. The molecule has 0 saturated carbocycles. The molecule has 0 unspecified atom stereocenters. The lowest BCUT2D eigenvalue weighted by Gasteiger charge is -2.21. The largest absolute Gasteiger partial charge is 0.381 e. The number of amides is 1. The standard InChI is InChI=1S/C22H30N4O2/c1-25(2)21-10-9-20(15-23-21)24-19-8-5-12-26(13-11-19)22(27)18-7-4-6-17(14-18)16-28-3/h4,6-7,9-10,14-15,19,24H,5,8,11-13,16H2,1-3H3/t19-/m0/s1. The van der Waals surface area contributed by atoms with E-state index in [0.717, 1.165) is 55.0 Å². The summed E-state index contributed by atoms with van der Waals surface area (Å²) in [5.41, 5.74) is 2.79. The Labute approximate surface area is 167 Å². The van der Waals surface area contributed by atoms with E-state index in [1.54, 1.807) is 7.11 Å². The summed E-state index contributed by atoms with van der Waals surface area (Å²) in [5, 5.41) is 3.58. The zero-order chi connectivity index (χ0) is 19.9. The molecule has 6 nitrogen and oxygen atoms in total. The molecule has 1 saturated heterocycles. The van der Waals surface area contributed by atoms with Crippen LogP contribution in [-0.4, -0.2) is 56.1 Å². The molecule has 6 heteroatoms. The Morgan fingerprint density at radius 2 is 2.11 bits per heavy atom. The number of carbonyl (C=O) groups excluding carboxylic acids is 1. The van der Waals surface area contributed by atoms with Crippen LogP contribution in [0.15, 0.2) is 42.6 Å². The van der Waals surface area contributed by atoms with E-state index < -0.39 is 0 Å². The molecule has 1 fully saturated rings. The quantitative estimate of drug-likeness (QED) is 0.830. The number of hydrogen-bond donors (Lipinski definition) is 1. The minimum absolute atomic E-state index is 0.107. The van der Waals surface area contributed by atoms with Gasteiger partial charge in [-0.15, -0.1) is 0 Å². The summed E-state index contributed by atoms with van der Waals surface area (Å²) in [7, 11) is 5.63. The van der Waals surface area contributed by atoms with E-state index in [1.165, 1.54) is 0 Å². The van der Waals surface area contributed by atoms with E-state index in [-0.39, 0.29) is 5.91 Å². The fourth-order valence-corrected chi connectivity index (χ4v) is 3.56. The molecule has 0 radical (unpaired) electrons. The van der Waals surface area contributed by atoms with Gasteiger partial charge in [0.1, 0.15) is 5.82 Å². The number of rotatable bonds is 6. The second-order valence-corrected chi connectivity index (χ2v) is 7.50. The molecule has 1 aromatic heterocycles. The minimum atomic E-state index is 0.107. The number of pyridine rings is 1. The third kappa shape index (κ3) is 5.23. The fraction of sp³-hybridized carbons (Fsp3) is 0.455. The van der Waals surface area contributed by atoms with Crippen molar-refractivity contribution in [3.8, 4) is 0 Å². The van der Waals surface area contributed by atoms with Gasteiger partial charge in [-0.25, -0.2) is 4.98 Å². The maximum atomic E-state index is 12.9. The van der Waals surface area contributed by atoms with E-state index in [0.29, 0.717) is 12.6 Å². The van der Waals surface area contributed by atoms with Crippen LogP contribution in [0.2, 0.25) is 0 Å². The average Bonchev–Trinajstić information content (AvgIpc) is 2.94. The summed E-state index contributed by atoms with van der Waals surface area (Å²) >= 11 is 0. The van der Waals surface area contributed by atoms with Crippen molar-refractivity contribution >= 4 is 17.4 Å². The topological polar surface area (TPSA) is 57.7 Å². The lowest BCUT2D eigenvalue weighted by molar-refractivity contribution is 0.0761. The van der Waals surface area contributed by atoms with Gasteiger partial charge < -0.3 is 19.9 Å². The molecule has 0 aliphatic carbocycles. The minimum Gasteiger partial charge on any atom is -0.381 e. The van der Waals surface area contributed by atoms with Crippen LogP contribution in [-0.2, 0) is 11.3 Å². The second kappa shape index (κ2) is 9.55. The molecule has 28 heavy (non-hydrogen) atoms. The number of likely N-dealkylation sites (tertiary alicyclic amines) is 1. The van der Waals surface area contributed by atoms with Crippen LogP contribution in [0.5, 0.6) is 0 Å². The molecule has 1 atom stereocenters. The number of benzene rings is 1. The molecule has 0 spiro atoms. The highest BCUT2D eigenvalue weighted by atomic mass is 16.5. The Morgan fingerprint density at radius 1 is 1.25 bits per heavy atom. The Morgan fingerprint density at radius 3 is 2.82 bits per heavy atom. The fourth-order valence-electron chi connectivity index (χ4n) is 3.56. The van der Waals surface area contributed by atoms with Crippen LogP contribution in [0.1, 0.15) is 35.2 Å². The number of aromatic nitrogens is 1. The van der Waals surface area contributed by atoms with Gasteiger partial charge >= 0.3 is 0 Å². The normalized spacial score (nSPS) is 17.1. The van der Waals surface area contributed by atoms with Gasteiger partial charge in [0.25, 0.3) is 5.91 Å². The maximum Gasteiger partial charge on any atom is 0.253 e. The highest BCUT2D eigenvalue weighted by molar-refractivity contribution is 5.94. The predicted molar refractivity (Wildman–Crippen MR) is 113 cm³/mol. The lowest BCUT2D eigenvalue weighted by atomic mass is 10.1. The maximum absolute atomic E-state index is 12.9. The molecular weight excluding hydrogens is 352 g/mol. The highest BCUT2D eigenvalue weighted by Gasteiger charge is 2.22. The van der Waals surface area contributed by atoms with Crippen LogP contribution in [0.3, 0.4) is 0 Å². The van der Waals surface area contributed by atoms with Crippen LogP contribution < -0.4 is 10.2 Å². The molecule has 0 bridgehead atoms. The first kappa shape index (κ1) is 20.1. The summed E-state index contributed by atoms with van der Waals surface area (Å²) in [5.74, 6) is 1.05. The molecule has 1 N–H and O–H groups in total. The van der Waals surface area contributed by atoms with E-state index in [9.17, 15) is 4.79 Å². The number of methoxy groups -OCH3 is 1. The number of ether oxygens (including phenoxy) is 1. The molecule has 150 valence electrons. The summed E-state index contributed by atoms with van der Waals surface area (Å²) < 4.78 is 5.18. The third-order valence-corrected chi connectivity index (χ3v) is 5.08. The van der Waals surface area contributed by atoms with Crippen LogP contribution in [0.25, 0.3) is 0 Å². The summed E-state index contributed by atoms with van der Waals surface area (Å²) in [6.07, 6.45) is 4.84. The van der Waals surface area contributed by atoms with Crippen molar-refractivity contribution in [1.29, 1.82) is 0 Å². The number of nitrogens with zero attached hydrogens (tertiary/aromatic N) is 3. The van der Waals surface area contributed by atoms with Gasteiger partial charge in [-0.1, -0.05) is 12.1 Å². The van der Waals surface area contributed by atoms with Crippen molar-refractivity contribution in [3.63, 3.8) is 0 Å². The van der Waals surface area contributed by atoms with Gasteiger partial charge in [-0.05, 0) is 49.1 Å². The first-order valence-electron chi connectivity index (χ1n) is 9.84. The highest BCUT2D eigenvalue weighted by Crippen LogP contribution is 2.20. The molecule has 3 rings (SSSR count). The zero-order valence-electron chi connectivity index (χ0n) is 17.0. The van der Waals surface area contributed by atoms with Gasteiger partial charge in [-0.2, -0.15) is 0 Å². The van der Waals surface area contributed by atoms with Gasteiger partial charge in [0.2, 0.25) is 0 Å². The van der Waals surface area contributed by atoms with Gasteiger partial charge in [0.05, 0.1) is 18.5 Å². The van der Waals surface area contributed by atoms with Gasteiger partial charge in [-0.3, -0.25) is 4.79 Å². The predicted octanol–water partition coefficient (Wildman–Crippen LogP) is 3.40. The first-order chi connectivity index (χ1) is 13.6. The van der Waals surface area contributed by atoms with Gasteiger partial charge in [0.15, 0.2) is 0 Å². The summed E-state index contributed by atoms with van der Waals surface area (Å²) in [4.78, 5) is 21.3. The Balaban J connectivity index is 1.58. The number of anilines is 2. The summed E-state index contributed by atoms with van der Waals surface area (Å²) in [6.45, 7) is 2.07. The first-order valence-corrected chi connectivity index (χ1v) is 9.84. The number of hydrogen-bond acceptors (Lipinski definition) is 5. The number of nitrogens with one attached hydrogen (secondary N) is 1. The van der Waals surface area contributed by atoms with Gasteiger partial charge in [0, 0.05) is 45.9 Å².